The second-order valence-electron chi connectivity index (χ2n) is 8.74. The van der Waals surface area contributed by atoms with E-state index in [4.69, 9.17) is 14.2 Å². The molecule has 0 aromatic heterocycles. The quantitative estimate of drug-likeness (QED) is 0.199. The van der Waals surface area contributed by atoms with Crippen molar-refractivity contribution in [1.82, 2.24) is 4.90 Å². The van der Waals surface area contributed by atoms with Crippen molar-refractivity contribution in [2.75, 3.05) is 21.3 Å². The molecule has 8 heteroatoms. The Kier molecular flexibility index (Phi) is 7.65. The van der Waals surface area contributed by atoms with Gasteiger partial charge in [0.25, 0.3) is 5.91 Å². The number of methoxy groups -OCH3 is 2. The highest BCUT2D eigenvalue weighted by Crippen LogP contribution is 2.35. The Morgan fingerprint density at radius 3 is 2.49 bits per heavy atom. The molecule has 0 radical (unpaired) electrons. The van der Waals surface area contributed by atoms with Crippen molar-refractivity contribution in [3.8, 4) is 11.5 Å². The van der Waals surface area contributed by atoms with Crippen molar-refractivity contribution in [3.63, 3.8) is 0 Å². The highest BCUT2D eigenvalue weighted by atomic mass is 32.2. The lowest BCUT2D eigenvalue weighted by atomic mass is 10.1. The number of likely N-dealkylation sites (N-methyl/N-ethyl adjacent to an activating group) is 1. The van der Waals surface area contributed by atoms with Crippen LogP contribution in [-0.4, -0.2) is 43.2 Å². The predicted octanol–water partition coefficient (Wildman–Crippen LogP) is 6.45. The van der Waals surface area contributed by atoms with Crippen LogP contribution in [0.1, 0.15) is 21.5 Å². The van der Waals surface area contributed by atoms with E-state index < -0.39 is 5.97 Å². The Hall–Kier alpha value is -4.56. The third kappa shape index (κ3) is 5.66. The Labute approximate surface area is 230 Å². The molecule has 1 heterocycles. The number of thioether (sulfide) groups is 1. The SMILES string of the molecule is COC(=O)c1ccc(N=C2S/C(=C\c3ccc(OCc4cccc5ccccc45)c(OC)c3)C(=O)N2C)cc1. The first-order valence-electron chi connectivity index (χ1n) is 12.2. The summed E-state index contributed by atoms with van der Waals surface area (Å²) < 4.78 is 16.4. The minimum absolute atomic E-state index is 0.153. The number of hydrogen-bond acceptors (Lipinski definition) is 7. The number of esters is 1. The van der Waals surface area contributed by atoms with Crippen LogP contribution in [0.25, 0.3) is 16.8 Å². The van der Waals surface area contributed by atoms with E-state index in [-0.39, 0.29) is 5.91 Å². The van der Waals surface area contributed by atoms with E-state index in [2.05, 4.69) is 29.3 Å². The molecule has 0 spiro atoms. The van der Waals surface area contributed by atoms with Crippen LogP contribution in [0, 0.1) is 0 Å². The molecule has 4 aromatic rings. The molecular formula is C31H26N2O5S. The van der Waals surface area contributed by atoms with Gasteiger partial charge in [-0.15, -0.1) is 0 Å². The lowest BCUT2D eigenvalue weighted by Crippen LogP contribution is -2.23. The van der Waals surface area contributed by atoms with E-state index in [1.54, 1.807) is 38.4 Å². The van der Waals surface area contributed by atoms with Gasteiger partial charge < -0.3 is 14.2 Å². The average Bonchev–Trinajstić information content (AvgIpc) is 3.23. The van der Waals surface area contributed by atoms with Crippen LogP contribution in [0.2, 0.25) is 0 Å². The maximum atomic E-state index is 12.9. The Balaban J connectivity index is 1.32. The first-order valence-corrected chi connectivity index (χ1v) is 13.0. The zero-order chi connectivity index (χ0) is 27.4. The molecule has 1 aliphatic heterocycles. The number of amides is 1. The van der Waals surface area contributed by atoms with E-state index in [1.807, 2.05) is 42.5 Å². The van der Waals surface area contributed by atoms with Gasteiger partial charge in [-0.2, -0.15) is 0 Å². The zero-order valence-corrected chi connectivity index (χ0v) is 22.5. The van der Waals surface area contributed by atoms with Gasteiger partial charge >= 0.3 is 5.97 Å². The Bertz CT molecular complexity index is 1610. The second-order valence-corrected chi connectivity index (χ2v) is 9.75. The van der Waals surface area contributed by atoms with Crippen molar-refractivity contribution in [1.29, 1.82) is 0 Å². The van der Waals surface area contributed by atoms with Gasteiger partial charge in [0, 0.05) is 7.05 Å². The van der Waals surface area contributed by atoms with Crippen molar-refractivity contribution in [2.24, 2.45) is 4.99 Å². The molecule has 0 saturated carbocycles. The minimum Gasteiger partial charge on any atom is -0.493 e. The van der Waals surface area contributed by atoms with Crippen LogP contribution in [0.15, 0.2) is 94.8 Å². The van der Waals surface area contributed by atoms with Gasteiger partial charge in [0.2, 0.25) is 0 Å². The van der Waals surface area contributed by atoms with Gasteiger partial charge in [-0.05, 0) is 76.1 Å². The third-order valence-corrected chi connectivity index (χ3v) is 7.33. The number of hydrogen-bond donors (Lipinski definition) is 0. The summed E-state index contributed by atoms with van der Waals surface area (Å²) >= 11 is 1.28. The standard InChI is InChI=1S/C31H26N2O5S/c1-33-29(34)28(39-31(33)32-24-14-12-22(13-15-24)30(35)37-3)18-20-11-16-26(27(17-20)36-2)38-19-23-9-6-8-21-7-4-5-10-25(21)23/h4-18H,19H2,1-3H3/b28-18-,32-31?. The van der Waals surface area contributed by atoms with Crippen molar-refractivity contribution in [3.05, 3.63) is 107 Å². The molecule has 196 valence electrons. The summed E-state index contributed by atoms with van der Waals surface area (Å²) in [5.41, 5.74) is 2.95. The molecule has 39 heavy (non-hydrogen) atoms. The molecule has 4 aromatic carbocycles. The lowest BCUT2D eigenvalue weighted by molar-refractivity contribution is -0.121. The number of nitrogens with zero attached hydrogens (tertiary/aromatic N) is 2. The van der Waals surface area contributed by atoms with E-state index in [1.165, 1.54) is 23.8 Å². The average molecular weight is 539 g/mol. The maximum absolute atomic E-state index is 12.9. The lowest BCUT2D eigenvalue weighted by Gasteiger charge is -2.13. The summed E-state index contributed by atoms with van der Waals surface area (Å²) in [6, 6.07) is 26.7. The third-order valence-electron chi connectivity index (χ3n) is 6.27. The van der Waals surface area contributed by atoms with Crippen molar-refractivity contribution in [2.45, 2.75) is 6.61 Å². The van der Waals surface area contributed by atoms with Gasteiger partial charge in [-0.25, -0.2) is 9.79 Å². The molecule has 1 aliphatic rings. The summed E-state index contributed by atoms with van der Waals surface area (Å²) in [6.07, 6.45) is 1.81. The number of amidine groups is 1. The maximum Gasteiger partial charge on any atom is 0.337 e. The number of benzene rings is 4. The largest absolute Gasteiger partial charge is 0.493 e. The number of ether oxygens (including phenoxy) is 3. The van der Waals surface area contributed by atoms with Gasteiger partial charge in [0.05, 0.1) is 30.4 Å². The van der Waals surface area contributed by atoms with Crippen LogP contribution in [0.4, 0.5) is 5.69 Å². The molecule has 0 atom stereocenters. The van der Waals surface area contributed by atoms with Gasteiger partial charge in [-0.1, -0.05) is 48.5 Å². The molecule has 5 rings (SSSR count). The molecule has 0 bridgehead atoms. The minimum atomic E-state index is -0.414. The highest BCUT2D eigenvalue weighted by molar-refractivity contribution is 8.18. The van der Waals surface area contributed by atoms with Crippen LogP contribution in [0.5, 0.6) is 11.5 Å². The highest BCUT2D eigenvalue weighted by Gasteiger charge is 2.30. The fourth-order valence-electron chi connectivity index (χ4n) is 4.17. The topological polar surface area (TPSA) is 77.4 Å². The number of rotatable bonds is 7. The van der Waals surface area contributed by atoms with Gasteiger partial charge in [0.1, 0.15) is 6.61 Å². The van der Waals surface area contributed by atoms with Gasteiger partial charge in [0.15, 0.2) is 16.7 Å². The molecule has 1 fully saturated rings. The summed E-state index contributed by atoms with van der Waals surface area (Å²) in [5.74, 6) is 0.628. The smallest absolute Gasteiger partial charge is 0.337 e. The van der Waals surface area contributed by atoms with Crippen LogP contribution in [0.3, 0.4) is 0 Å². The molecule has 0 aliphatic carbocycles. The molecule has 7 nitrogen and oxygen atoms in total. The summed E-state index contributed by atoms with van der Waals surface area (Å²) in [4.78, 5) is 31.2. The normalized spacial score (nSPS) is 15.3. The fourth-order valence-corrected chi connectivity index (χ4v) is 5.16. The second kappa shape index (κ2) is 11.4. The number of carbonyl (C=O) groups is 2. The number of fused-ring (bicyclic) bond motifs is 1. The van der Waals surface area contributed by atoms with Crippen molar-refractivity contribution >= 4 is 51.3 Å². The van der Waals surface area contributed by atoms with Crippen LogP contribution in [-0.2, 0) is 16.1 Å². The Morgan fingerprint density at radius 1 is 0.949 bits per heavy atom. The van der Waals surface area contributed by atoms with Crippen LogP contribution < -0.4 is 9.47 Å². The molecule has 0 unspecified atom stereocenters. The summed E-state index contributed by atoms with van der Waals surface area (Å²) in [7, 11) is 4.61. The first kappa shape index (κ1) is 26.1. The number of carbonyl (C=O) groups excluding carboxylic acids is 2. The summed E-state index contributed by atoms with van der Waals surface area (Å²) in [5, 5.41) is 2.86. The van der Waals surface area contributed by atoms with Gasteiger partial charge in [-0.3, -0.25) is 9.69 Å². The zero-order valence-electron chi connectivity index (χ0n) is 21.7. The fraction of sp³-hybridized carbons (Fsp3) is 0.129. The number of aliphatic imine (C=N–C) groups is 1. The van der Waals surface area contributed by atoms with E-state index in [0.29, 0.717) is 39.4 Å². The van der Waals surface area contributed by atoms with Crippen molar-refractivity contribution < 1.29 is 23.8 Å². The van der Waals surface area contributed by atoms with E-state index in [0.717, 1.165) is 21.9 Å². The molecule has 1 saturated heterocycles. The monoisotopic (exact) mass is 538 g/mol. The Morgan fingerprint density at radius 2 is 1.72 bits per heavy atom. The summed E-state index contributed by atoms with van der Waals surface area (Å²) in [6.45, 7) is 0.401. The molecule has 0 N–H and O–H groups in total. The molecule has 1 amide bonds. The van der Waals surface area contributed by atoms with E-state index >= 15 is 0 Å². The molecular weight excluding hydrogens is 512 g/mol. The first-order chi connectivity index (χ1) is 19.0. The van der Waals surface area contributed by atoms with Crippen LogP contribution >= 0.6 is 11.8 Å². The van der Waals surface area contributed by atoms with E-state index in [9.17, 15) is 9.59 Å². The predicted molar refractivity (Wildman–Crippen MR) is 154 cm³/mol.